The number of carbonyl (C=O) groups is 1. The third-order valence-electron chi connectivity index (χ3n) is 2.32. The summed E-state index contributed by atoms with van der Waals surface area (Å²) in [6.45, 7) is 9.46. The van der Waals surface area contributed by atoms with Crippen LogP contribution in [0.4, 0.5) is 0 Å². The summed E-state index contributed by atoms with van der Waals surface area (Å²) in [5.74, 6) is 0.124. The molecule has 1 amide bonds. The number of carbonyl (C=O) groups excluding carboxylic acids is 1. The first kappa shape index (κ1) is 15.7. The molecular formula is C14H23NO2. The fraction of sp³-hybridized carbons (Fsp3) is 0.500. The third-order valence-corrected chi connectivity index (χ3v) is 2.32. The first-order valence-electron chi connectivity index (χ1n) is 6.07. The monoisotopic (exact) mass is 237 g/mol. The Morgan fingerprint density at radius 3 is 2.18 bits per heavy atom. The van der Waals surface area contributed by atoms with Gasteiger partial charge in [0, 0.05) is 25.3 Å². The molecule has 1 aromatic rings. The first-order chi connectivity index (χ1) is 8.10. The van der Waals surface area contributed by atoms with Crippen molar-refractivity contribution in [2.24, 2.45) is 0 Å². The number of nitrogens with zero attached hydrogens (tertiary/aromatic N) is 1. The van der Waals surface area contributed by atoms with Gasteiger partial charge in [-0.1, -0.05) is 17.7 Å². The Balaban J connectivity index is 0.000000770. The van der Waals surface area contributed by atoms with Gasteiger partial charge in [0.2, 0.25) is 0 Å². The Morgan fingerprint density at radius 2 is 1.76 bits per heavy atom. The molecule has 0 fully saturated rings. The molecule has 0 bridgehead atoms. The number of aliphatic hydroxyl groups excluding tert-OH is 1. The van der Waals surface area contributed by atoms with Crippen LogP contribution in [0, 0.1) is 6.92 Å². The van der Waals surface area contributed by atoms with Crippen LogP contribution in [-0.4, -0.2) is 35.6 Å². The molecule has 0 atom stereocenters. The minimum absolute atomic E-state index is 0.124. The van der Waals surface area contributed by atoms with Crippen LogP contribution in [0.15, 0.2) is 24.3 Å². The number of aryl methyl sites for hydroxylation is 1. The quantitative estimate of drug-likeness (QED) is 0.877. The van der Waals surface area contributed by atoms with E-state index in [1.807, 2.05) is 49.9 Å². The van der Waals surface area contributed by atoms with E-state index in [1.54, 1.807) is 6.92 Å². The molecule has 0 spiro atoms. The van der Waals surface area contributed by atoms with Gasteiger partial charge >= 0.3 is 0 Å². The summed E-state index contributed by atoms with van der Waals surface area (Å²) < 4.78 is 0. The van der Waals surface area contributed by atoms with Crippen molar-refractivity contribution in [2.45, 2.75) is 27.7 Å². The SMILES string of the molecule is CCN(CC)C(=O)c1cccc(C)c1.CCO. The summed E-state index contributed by atoms with van der Waals surface area (Å²) in [7, 11) is 0. The van der Waals surface area contributed by atoms with Gasteiger partial charge in [-0.05, 0) is 39.8 Å². The summed E-state index contributed by atoms with van der Waals surface area (Å²) in [5, 5.41) is 7.57. The summed E-state index contributed by atoms with van der Waals surface area (Å²) in [4.78, 5) is 13.7. The minimum atomic E-state index is 0.124. The van der Waals surface area contributed by atoms with Gasteiger partial charge in [0.25, 0.3) is 5.91 Å². The second-order valence-electron chi connectivity index (χ2n) is 3.66. The van der Waals surface area contributed by atoms with E-state index in [9.17, 15) is 4.79 Å². The van der Waals surface area contributed by atoms with Crippen molar-refractivity contribution in [3.63, 3.8) is 0 Å². The molecule has 0 heterocycles. The summed E-state index contributed by atoms with van der Waals surface area (Å²) in [6, 6.07) is 7.72. The van der Waals surface area contributed by atoms with Crippen molar-refractivity contribution in [3.8, 4) is 0 Å². The average Bonchev–Trinajstić information content (AvgIpc) is 2.31. The van der Waals surface area contributed by atoms with Gasteiger partial charge in [-0.25, -0.2) is 0 Å². The van der Waals surface area contributed by atoms with Crippen LogP contribution >= 0.6 is 0 Å². The predicted molar refractivity (Wildman–Crippen MR) is 71.2 cm³/mol. The number of hydrogen-bond donors (Lipinski definition) is 1. The summed E-state index contributed by atoms with van der Waals surface area (Å²) >= 11 is 0. The van der Waals surface area contributed by atoms with E-state index >= 15 is 0 Å². The van der Waals surface area contributed by atoms with Gasteiger partial charge in [-0.15, -0.1) is 0 Å². The minimum Gasteiger partial charge on any atom is -0.397 e. The standard InChI is InChI=1S/C12H17NO.C2H6O/c1-4-13(5-2)12(14)11-8-6-7-10(3)9-11;1-2-3/h6-9H,4-5H2,1-3H3;3H,2H2,1H3. The van der Waals surface area contributed by atoms with Crippen molar-refractivity contribution >= 4 is 5.91 Å². The highest BCUT2D eigenvalue weighted by Gasteiger charge is 2.11. The Labute approximate surface area is 104 Å². The number of benzene rings is 1. The van der Waals surface area contributed by atoms with E-state index in [1.165, 1.54) is 0 Å². The van der Waals surface area contributed by atoms with Crippen LogP contribution in [0.2, 0.25) is 0 Å². The van der Waals surface area contributed by atoms with Gasteiger partial charge in [-0.3, -0.25) is 4.79 Å². The lowest BCUT2D eigenvalue weighted by Crippen LogP contribution is -2.30. The average molecular weight is 237 g/mol. The maximum absolute atomic E-state index is 11.9. The second-order valence-corrected chi connectivity index (χ2v) is 3.66. The van der Waals surface area contributed by atoms with E-state index in [-0.39, 0.29) is 12.5 Å². The molecular weight excluding hydrogens is 214 g/mol. The van der Waals surface area contributed by atoms with Crippen molar-refractivity contribution in [1.82, 2.24) is 4.90 Å². The van der Waals surface area contributed by atoms with Gasteiger partial charge in [0.1, 0.15) is 0 Å². The van der Waals surface area contributed by atoms with Crippen molar-refractivity contribution in [3.05, 3.63) is 35.4 Å². The van der Waals surface area contributed by atoms with Crippen LogP contribution in [0.1, 0.15) is 36.7 Å². The van der Waals surface area contributed by atoms with Crippen LogP contribution in [-0.2, 0) is 0 Å². The lowest BCUT2D eigenvalue weighted by Gasteiger charge is -2.18. The maximum Gasteiger partial charge on any atom is 0.253 e. The first-order valence-corrected chi connectivity index (χ1v) is 6.07. The number of amides is 1. The molecule has 1 rings (SSSR count). The van der Waals surface area contributed by atoms with Crippen LogP contribution < -0.4 is 0 Å². The van der Waals surface area contributed by atoms with Gasteiger partial charge < -0.3 is 10.0 Å². The molecule has 0 saturated heterocycles. The number of aliphatic hydroxyl groups is 1. The molecule has 0 aromatic heterocycles. The molecule has 17 heavy (non-hydrogen) atoms. The molecule has 96 valence electrons. The van der Waals surface area contributed by atoms with E-state index in [0.29, 0.717) is 0 Å². The molecule has 0 unspecified atom stereocenters. The van der Waals surface area contributed by atoms with Crippen LogP contribution in [0.3, 0.4) is 0 Å². The summed E-state index contributed by atoms with van der Waals surface area (Å²) in [6.07, 6.45) is 0. The zero-order valence-corrected chi connectivity index (χ0v) is 11.2. The second kappa shape index (κ2) is 8.76. The number of rotatable bonds is 3. The van der Waals surface area contributed by atoms with Crippen LogP contribution in [0.25, 0.3) is 0 Å². The maximum atomic E-state index is 11.9. The lowest BCUT2D eigenvalue weighted by atomic mass is 10.1. The highest BCUT2D eigenvalue weighted by molar-refractivity contribution is 5.94. The molecule has 3 heteroatoms. The Bertz CT molecular complexity index is 333. The normalized spacial score (nSPS) is 9.24. The number of hydrogen-bond acceptors (Lipinski definition) is 2. The highest BCUT2D eigenvalue weighted by Crippen LogP contribution is 2.07. The predicted octanol–water partition coefficient (Wildman–Crippen LogP) is 2.48. The topological polar surface area (TPSA) is 40.5 Å². The zero-order valence-electron chi connectivity index (χ0n) is 11.2. The van der Waals surface area contributed by atoms with E-state index in [2.05, 4.69) is 0 Å². The van der Waals surface area contributed by atoms with E-state index < -0.39 is 0 Å². The van der Waals surface area contributed by atoms with E-state index in [4.69, 9.17) is 5.11 Å². The molecule has 0 aliphatic heterocycles. The molecule has 0 radical (unpaired) electrons. The van der Waals surface area contributed by atoms with Crippen LogP contribution in [0.5, 0.6) is 0 Å². The molecule has 3 nitrogen and oxygen atoms in total. The largest absolute Gasteiger partial charge is 0.397 e. The fourth-order valence-electron chi connectivity index (χ4n) is 1.47. The Morgan fingerprint density at radius 1 is 1.24 bits per heavy atom. The fourth-order valence-corrected chi connectivity index (χ4v) is 1.47. The van der Waals surface area contributed by atoms with Crippen molar-refractivity contribution < 1.29 is 9.90 Å². The van der Waals surface area contributed by atoms with Crippen molar-refractivity contribution in [1.29, 1.82) is 0 Å². The van der Waals surface area contributed by atoms with Gasteiger partial charge in [0.15, 0.2) is 0 Å². The molecule has 0 aliphatic carbocycles. The summed E-state index contributed by atoms with van der Waals surface area (Å²) in [5.41, 5.74) is 1.91. The van der Waals surface area contributed by atoms with Crippen molar-refractivity contribution in [2.75, 3.05) is 19.7 Å². The molecule has 0 saturated carbocycles. The smallest absolute Gasteiger partial charge is 0.253 e. The Hall–Kier alpha value is -1.35. The molecule has 1 aromatic carbocycles. The highest BCUT2D eigenvalue weighted by atomic mass is 16.2. The molecule has 0 aliphatic rings. The zero-order chi connectivity index (χ0) is 13.3. The molecule has 1 N–H and O–H groups in total. The van der Waals surface area contributed by atoms with Gasteiger partial charge in [-0.2, -0.15) is 0 Å². The van der Waals surface area contributed by atoms with Gasteiger partial charge in [0.05, 0.1) is 0 Å². The Kier molecular flexibility index (Phi) is 8.07. The lowest BCUT2D eigenvalue weighted by molar-refractivity contribution is 0.0773. The van der Waals surface area contributed by atoms with E-state index in [0.717, 1.165) is 24.2 Å². The third kappa shape index (κ3) is 5.50.